The summed E-state index contributed by atoms with van der Waals surface area (Å²) in [6.07, 6.45) is 5.35. The third-order valence-electron chi connectivity index (χ3n) is 2.24. The van der Waals surface area contributed by atoms with Crippen molar-refractivity contribution in [3.05, 3.63) is 40.6 Å². The lowest BCUT2D eigenvalue weighted by molar-refractivity contribution is 0.340. The fraction of sp³-hybridized carbons (Fsp3) is 0.143. The zero-order valence-electron chi connectivity index (χ0n) is 9.07. The fourth-order valence-electron chi connectivity index (χ4n) is 1.47. The number of terminal acetylenes is 1. The highest BCUT2D eigenvalue weighted by Gasteiger charge is 2.01. The molecule has 0 radical (unpaired) electrons. The Hall–Kier alpha value is -1.72. The summed E-state index contributed by atoms with van der Waals surface area (Å²) in [6.45, 7) is 2.67. The van der Waals surface area contributed by atoms with Crippen LogP contribution >= 0.6 is 11.3 Å². The van der Waals surface area contributed by atoms with E-state index in [0.717, 1.165) is 10.6 Å². The van der Waals surface area contributed by atoms with E-state index in [0.29, 0.717) is 6.61 Å². The average molecular weight is 228 g/mol. The predicted octanol–water partition coefficient (Wildman–Crippen LogP) is 3.80. The number of thiophene rings is 1. The van der Waals surface area contributed by atoms with E-state index >= 15 is 0 Å². The summed E-state index contributed by atoms with van der Waals surface area (Å²) in [4.78, 5) is 0.962. The molecule has 0 spiro atoms. The average Bonchev–Trinajstić information content (AvgIpc) is 2.79. The molecule has 0 bridgehead atoms. The van der Waals surface area contributed by atoms with Crippen LogP contribution in [0.15, 0.2) is 35.7 Å². The molecule has 1 heterocycles. The van der Waals surface area contributed by atoms with E-state index in [1.807, 2.05) is 37.3 Å². The molecule has 0 atom stereocenters. The first-order valence-electron chi connectivity index (χ1n) is 5.12. The summed E-state index contributed by atoms with van der Waals surface area (Å²) in [5.74, 6) is 3.54. The van der Waals surface area contributed by atoms with Crippen LogP contribution in [0.2, 0.25) is 0 Å². The molecule has 0 saturated heterocycles. The van der Waals surface area contributed by atoms with Crippen molar-refractivity contribution in [2.45, 2.75) is 6.92 Å². The smallest absolute Gasteiger partial charge is 0.119 e. The normalized spacial score (nSPS) is 9.75. The van der Waals surface area contributed by atoms with Crippen LogP contribution in [0.5, 0.6) is 5.75 Å². The highest BCUT2D eigenvalue weighted by molar-refractivity contribution is 7.11. The molecule has 16 heavy (non-hydrogen) atoms. The molecule has 80 valence electrons. The molecule has 0 aliphatic carbocycles. The Labute approximate surface area is 99.7 Å². The minimum absolute atomic E-state index is 0.693. The van der Waals surface area contributed by atoms with Gasteiger partial charge in [0.05, 0.1) is 11.5 Å². The van der Waals surface area contributed by atoms with Crippen LogP contribution in [0.3, 0.4) is 0 Å². The van der Waals surface area contributed by atoms with Crippen LogP contribution in [-0.2, 0) is 0 Å². The maximum atomic E-state index is 5.39. The first-order valence-corrected chi connectivity index (χ1v) is 6.00. The molecule has 0 amide bonds. The van der Waals surface area contributed by atoms with Crippen LogP contribution < -0.4 is 4.74 Å². The van der Waals surface area contributed by atoms with Gasteiger partial charge < -0.3 is 4.74 Å². The molecule has 0 unspecified atom stereocenters. The van der Waals surface area contributed by atoms with E-state index in [4.69, 9.17) is 11.2 Å². The molecule has 1 nitrogen and oxygen atoms in total. The minimum Gasteiger partial charge on any atom is -0.494 e. The second-order valence-corrected chi connectivity index (χ2v) is 4.21. The van der Waals surface area contributed by atoms with Gasteiger partial charge >= 0.3 is 0 Å². The summed E-state index contributed by atoms with van der Waals surface area (Å²) < 4.78 is 5.39. The summed E-state index contributed by atoms with van der Waals surface area (Å²) >= 11 is 1.59. The molecule has 1 aromatic carbocycles. The monoisotopic (exact) mass is 228 g/mol. The maximum Gasteiger partial charge on any atom is 0.119 e. The third kappa shape index (κ3) is 2.26. The van der Waals surface area contributed by atoms with Gasteiger partial charge in [-0.3, -0.25) is 0 Å². The lowest BCUT2D eigenvalue weighted by Gasteiger charge is -2.03. The van der Waals surface area contributed by atoms with Gasteiger partial charge in [-0.05, 0) is 41.6 Å². The Balaban J connectivity index is 2.24. The van der Waals surface area contributed by atoms with Gasteiger partial charge in [0.2, 0.25) is 0 Å². The largest absolute Gasteiger partial charge is 0.494 e. The molecular formula is C14H12OS. The Kier molecular flexibility index (Phi) is 3.28. The van der Waals surface area contributed by atoms with E-state index in [9.17, 15) is 0 Å². The standard InChI is InChI=1S/C14H12OS/c1-3-14-9-12(10-16-14)11-5-7-13(8-6-11)15-4-2/h1,5-10H,4H2,2H3. The van der Waals surface area contributed by atoms with Crippen LogP contribution in [-0.4, -0.2) is 6.61 Å². The Morgan fingerprint density at radius 3 is 2.56 bits per heavy atom. The van der Waals surface area contributed by atoms with Gasteiger partial charge in [0, 0.05) is 0 Å². The highest BCUT2D eigenvalue weighted by Crippen LogP contribution is 2.26. The van der Waals surface area contributed by atoms with Crippen molar-refractivity contribution in [2.24, 2.45) is 0 Å². The highest BCUT2D eigenvalue weighted by atomic mass is 32.1. The molecular weight excluding hydrogens is 216 g/mol. The van der Waals surface area contributed by atoms with Crippen molar-refractivity contribution in [3.63, 3.8) is 0 Å². The predicted molar refractivity (Wildman–Crippen MR) is 68.9 cm³/mol. The molecule has 1 aromatic heterocycles. The molecule has 2 rings (SSSR count). The molecule has 0 aliphatic rings. The van der Waals surface area contributed by atoms with Gasteiger partial charge in [0.25, 0.3) is 0 Å². The number of hydrogen-bond donors (Lipinski definition) is 0. The van der Waals surface area contributed by atoms with Crippen molar-refractivity contribution in [3.8, 4) is 29.2 Å². The number of ether oxygens (including phenoxy) is 1. The zero-order valence-corrected chi connectivity index (χ0v) is 9.88. The van der Waals surface area contributed by atoms with Crippen LogP contribution in [0, 0.1) is 12.3 Å². The minimum atomic E-state index is 0.693. The summed E-state index contributed by atoms with van der Waals surface area (Å²) in [5, 5.41) is 2.07. The second kappa shape index (κ2) is 4.87. The van der Waals surface area contributed by atoms with E-state index in [1.54, 1.807) is 11.3 Å². The van der Waals surface area contributed by atoms with Gasteiger partial charge in [-0.2, -0.15) is 0 Å². The fourth-order valence-corrected chi connectivity index (χ4v) is 2.19. The second-order valence-electron chi connectivity index (χ2n) is 3.30. The number of hydrogen-bond acceptors (Lipinski definition) is 2. The van der Waals surface area contributed by atoms with Crippen molar-refractivity contribution < 1.29 is 4.74 Å². The Morgan fingerprint density at radius 1 is 1.25 bits per heavy atom. The third-order valence-corrected chi connectivity index (χ3v) is 3.10. The van der Waals surface area contributed by atoms with Gasteiger partial charge in [-0.25, -0.2) is 0 Å². The van der Waals surface area contributed by atoms with Crippen molar-refractivity contribution in [2.75, 3.05) is 6.61 Å². The van der Waals surface area contributed by atoms with Gasteiger partial charge in [0.1, 0.15) is 5.75 Å². The summed E-state index contributed by atoms with van der Waals surface area (Å²) in [5.41, 5.74) is 2.34. The lowest BCUT2D eigenvalue weighted by Crippen LogP contribution is -1.90. The number of benzene rings is 1. The van der Waals surface area contributed by atoms with Gasteiger partial charge in [0.15, 0.2) is 0 Å². The summed E-state index contributed by atoms with van der Waals surface area (Å²) in [7, 11) is 0. The zero-order chi connectivity index (χ0) is 11.4. The van der Waals surface area contributed by atoms with Crippen molar-refractivity contribution in [1.29, 1.82) is 0 Å². The first kappa shape index (κ1) is 10.8. The molecule has 0 aliphatic heterocycles. The Bertz CT molecular complexity index is 502. The lowest BCUT2D eigenvalue weighted by atomic mass is 10.1. The van der Waals surface area contributed by atoms with Gasteiger partial charge in [-0.15, -0.1) is 17.8 Å². The molecule has 0 fully saturated rings. The molecule has 2 heteroatoms. The van der Waals surface area contributed by atoms with Crippen molar-refractivity contribution in [1.82, 2.24) is 0 Å². The van der Waals surface area contributed by atoms with Crippen molar-refractivity contribution >= 4 is 11.3 Å². The quantitative estimate of drug-likeness (QED) is 0.726. The van der Waals surface area contributed by atoms with E-state index in [1.165, 1.54) is 11.1 Å². The molecule has 2 aromatic rings. The van der Waals surface area contributed by atoms with Crippen LogP contribution in [0.25, 0.3) is 11.1 Å². The van der Waals surface area contributed by atoms with Gasteiger partial charge in [-0.1, -0.05) is 18.1 Å². The Morgan fingerprint density at radius 2 is 2.00 bits per heavy atom. The topological polar surface area (TPSA) is 9.23 Å². The maximum absolute atomic E-state index is 5.39. The SMILES string of the molecule is C#Cc1cc(-c2ccc(OCC)cc2)cs1. The van der Waals surface area contributed by atoms with E-state index < -0.39 is 0 Å². The first-order chi connectivity index (χ1) is 7.83. The van der Waals surface area contributed by atoms with E-state index in [-0.39, 0.29) is 0 Å². The van der Waals surface area contributed by atoms with E-state index in [2.05, 4.69) is 11.3 Å². The molecule has 0 saturated carbocycles. The van der Waals surface area contributed by atoms with Crippen LogP contribution in [0.4, 0.5) is 0 Å². The molecule has 0 N–H and O–H groups in total. The van der Waals surface area contributed by atoms with Crippen LogP contribution in [0.1, 0.15) is 11.8 Å². The number of rotatable bonds is 3. The summed E-state index contributed by atoms with van der Waals surface area (Å²) in [6, 6.07) is 10.1.